The van der Waals surface area contributed by atoms with E-state index in [0.29, 0.717) is 48.1 Å². The number of nitrogens with one attached hydrogen (secondary N) is 1. The summed E-state index contributed by atoms with van der Waals surface area (Å²) in [6.07, 6.45) is -1.77. The monoisotopic (exact) mass is 563 g/mol. The number of rotatable bonds is 10. The maximum atomic E-state index is 12.1. The fraction of sp³-hybridized carbons (Fsp3) is 0.296. The van der Waals surface area contributed by atoms with Gasteiger partial charge in [0.2, 0.25) is 0 Å². The number of carbonyl (C=O) groups excluding carboxylic acids is 2. The first-order valence-electron chi connectivity index (χ1n) is 12.7. The van der Waals surface area contributed by atoms with Gasteiger partial charge in [0.05, 0.1) is 19.5 Å². The number of hydrogen-bond donors (Lipinski definition) is 4. The van der Waals surface area contributed by atoms with Crippen LogP contribution in [0, 0.1) is 0 Å². The molecule has 4 atom stereocenters. The predicted molar refractivity (Wildman–Crippen MR) is 145 cm³/mol. The molecule has 0 spiro atoms. The number of esters is 1. The van der Waals surface area contributed by atoms with Crippen LogP contribution in [0.4, 0.5) is 10.6 Å². The van der Waals surface area contributed by atoms with Crippen molar-refractivity contribution in [2.45, 2.75) is 37.5 Å². The number of aliphatic hydroxyl groups excluding tert-OH is 1. The lowest BCUT2D eigenvalue weighted by Crippen LogP contribution is -2.44. The highest BCUT2D eigenvalue weighted by atomic mass is 16.6. The Morgan fingerprint density at radius 3 is 2.66 bits per heavy atom. The molecule has 2 aromatic carbocycles. The number of aliphatic hydroxyl groups is 1. The van der Waals surface area contributed by atoms with Crippen molar-refractivity contribution < 1.29 is 33.6 Å². The van der Waals surface area contributed by atoms with Gasteiger partial charge in [0, 0.05) is 6.54 Å². The summed E-state index contributed by atoms with van der Waals surface area (Å²) in [6, 6.07) is 14.5. The Bertz CT molecular complexity index is 1530. The number of benzene rings is 2. The number of nitrogens with two attached hydrogens (primary N) is 2. The molecule has 214 valence electrons. The summed E-state index contributed by atoms with van der Waals surface area (Å²) in [4.78, 5) is 36.0. The van der Waals surface area contributed by atoms with E-state index in [4.69, 9.17) is 25.7 Å². The van der Waals surface area contributed by atoms with Crippen LogP contribution in [-0.4, -0.2) is 68.6 Å². The normalized spacial score (nSPS) is 20.1. The molecule has 1 amide bonds. The summed E-state index contributed by atoms with van der Waals surface area (Å²) in [5.74, 6) is 0.648. The molecule has 3 heterocycles. The molecule has 2 aromatic heterocycles. The lowest BCUT2D eigenvalue weighted by Gasteiger charge is -2.16. The molecule has 1 saturated heterocycles. The molecule has 1 aliphatic heterocycles. The zero-order valence-corrected chi connectivity index (χ0v) is 22.0. The molecule has 0 radical (unpaired) electrons. The van der Waals surface area contributed by atoms with Gasteiger partial charge >= 0.3 is 12.1 Å². The SMILES string of the molecule is COc1ccc(CCNc2ncnc3c2ncn3C2OC(C(=O)OC(N)=O)C(N)C2O)cc1OCc1ccccc1. The number of anilines is 1. The minimum atomic E-state index is -1.41. The number of imidazole rings is 1. The van der Waals surface area contributed by atoms with Gasteiger partial charge in [0.15, 0.2) is 40.8 Å². The molecule has 14 heteroatoms. The summed E-state index contributed by atoms with van der Waals surface area (Å²) < 4.78 is 22.9. The van der Waals surface area contributed by atoms with Crippen molar-refractivity contribution in [2.75, 3.05) is 19.0 Å². The van der Waals surface area contributed by atoms with Crippen molar-refractivity contribution in [3.05, 3.63) is 72.3 Å². The number of carbonyl (C=O) groups is 2. The Morgan fingerprint density at radius 1 is 1.10 bits per heavy atom. The fourth-order valence-electron chi connectivity index (χ4n) is 4.51. The zero-order chi connectivity index (χ0) is 28.9. The predicted octanol–water partition coefficient (Wildman–Crippen LogP) is 1.28. The van der Waals surface area contributed by atoms with Crippen LogP contribution in [0.25, 0.3) is 11.2 Å². The van der Waals surface area contributed by atoms with Crippen molar-refractivity contribution in [3.8, 4) is 11.5 Å². The van der Waals surface area contributed by atoms with Gasteiger partial charge in [-0.3, -0.25) is 4.57 Å². The van der Waals surface area contributed by atoms with E-state index in [0.717, 1.165) is 11.1 Å². The van der Waals surface area contributed by atoms with Crippen LogP contribution in [0.3, 0.4) is 0 Å². The highest BCUT2D eigenvalue weighted by Crippen LogP contribution is 2.32. The number of aromatic nitrogens is 4. The number of hydrogen-bond acceptors (Lipinski definition) is 12. The van der Waals surface area contributed by atoms with E-state index in [1.165, 1.54) is 17.2 Å². The third-order valence-corrected chi connectivity index (χ3v) is 6.56. The van der Waals surface area contributed by atoms with Gasteiger partial charge in [-0.15, -0.1) is 0 Å². The second kappa shape index (κ2) is 12.2. The van der Waals surface area contributed by atoms with E-state index < -0.39 is 36.5 Å². The lowest BCUT2D eigenvalue weighted by atomic mass is 10.1. The van der Waals surface area contributed by atoms with Crippen molar-refractivity contribution in [1.82, 2.24) is 19.5 Å². The molecule has 6 N–H and O–H groups in total. The highest BCUT2D eigenvalue weighted by Gasteiger charge is 2.48. The molecule has 1 aliphatic rings. The number of methoxy groups -OCH3 is 1. The van der Waals surface area contributed by atoms with Crippen LogP contribution in [0.15, 0.2) is 61.2 Å². The summed E-state index contributed by atoms with van der Waals surface area (Å²) in [5.41, 5.74) is 13.7. The molecular weight excluding hydrogens is 534 g/mol. The summed E-state index contributed by atoms with van der Waals surface area (Å²) in [6.45, 7) is 0.926. The molecule has 0 aliphatic carbocycles. The molecule has 0 saturated carbocycles. The number of primary amides is 1. The van der Waals surface area contributed by atoms with Crippen LogP contribution >= 0.6 is 0 Å². The number of ether oxygens (including phenoxy) is 4. The Kier molecular flexibility index (Phi) is 8.24. The van der Waals surface area contributed by atoms with E-state index in [1.54, 1.807) is 7.11 Å². The Hall–Kier alpha value is -4.79. The van der Waals surface area contributed by atoms with Crippen LogP contribution in [0.5, 0.6) is 11.5 Å². The molecule has 0 bridgehead atoms. The van der Waals surface area contributed by atoms with E-state index in [-0.39, 0.29) is 0 Å². The Balaban J connectivity index is 1.26. The van der Waals surface area contributed by atoms with E-state index in [1.807, 2.05) is 48.5 Å². The molecule has 4 aromatic rings. The fourth-order valence-corrected chi connectivity index (χ4v) is 4.51. The van der Waals surface area contributed by atoms with Crippen LogP contribution < -0.4 is 26.3 Å². The lowest BCUT2D eigenvalue weighted by molar-refractivity contribution is -0.152. The van der Waals surface area contributed by atoms with Gasteiger partial charge in [0.1, 0.15) is 19.0 Å². The van der Waals surface area contributed by atoms with Crippen LogP contribution in [0.2, 0.25) is 0 Å². The molecule has 4 unspecified atom stereocenters. The number of amides is 1. The quantitative estimate of drug-likeness (QED) is 0.159. The average Bonchev–Trinajstić information content (AvgIpc) is 3.53. The smallest absolute Gasteiger partial charge is 0.412 e. The van der Waals surface area contributed by atoms with Gasteiger partial charge in [-0.25, -0.2) is 24.5 Å². The third-order valence-electron chi connectivity index (χ3n) is 6.56. The maximum absolute atomic E-state index is 12.1. The highest BCUT2D eigenvalue weighted by molar-refractivity contribution is 5.87. The van der Waals surface area contributed by atoms with Gasteiger partial charge < -0.3 is 40.8 Å². The summed E-state index contributed by atoms with van der Waals surface area (Å²) >= 11 is 0. The second-order valence-corrected chi connectivity index (χ2v) is 9.24. The van der Waals surface area contributed by atoms with E-state index >= 15 is 0 Å². The first kappa shape index (κ1) is 27.8. The van der Waals surface area contributed by atoms with Crippen molar-refractivity contribution in [3.63, 3.8) is 0 Å². The van der Waals surface area contributed by atoms with Gasteiger partial charge in [-0.2, -0.15) is 0 Å². The minimum absolute atomic E-state index is 0.337. The van der Waals surface area contributed by atoms with Crippen LogP contribution in [-0.2, 0) is 27.3 Å². The molecule has 5 rings (SSSR count). The topological polar surface area (TPSA) is 199 Å². The van der Waals surface area contributed by atoms with E-state index in [2.05, 4.69) is 25.0 Å². The van der Waals surface area contributed by atoms with Gasteiger partial charge in [-0.1, -0.05) is 36.4 Å². The maximum Gasteiger partial charge on any atom is 0.412 e. The zero-order valence-electron chi connectivity index (χ0n) is 22.0. The molecular formula is C27H29N7O7. The average molecular weight is 564 g/mol. The van der Waals surface area contributed by atoms with Crippen LogP contribution in [0.1, 0.15) is 17.4 Å². The number of nitrogens with zero attached hydrogens (tertiary/aromatic N) is 4. The van der Waals surface area contributed by atoms with E-state index in [9.17, 15) is 14.7 Å². The Labute approximate surface area is 234 Å². The first-order valence-corrected chi connectivity index (χ1v) is 12.7. The molecule has 1 fully saturated rings. The summed E-state index contributed by atoms with van der Waals surface area (Å²) in [7, 11) is 1.60. The minimum Gasteiger partial charge on any atom is -0.493 e. The van der Waals surface area contributed by atoms with Gasteiger partial charge in [-0.05, 0) is 29.7 Å². The molecule has 14 nitrogen and oxygen atoms in total. The van der Waals surface area contributed by atoms with Gasteiger partial charge in [0.25, 0.3) is 0 Å². The largest absolute Gasteiger partial charge is 0.493 e. The van der Waals surface area contributed by atoms with Crippen molar-refractivity contribution in [1.29, 1.82) is 0 Å². The summed E-state index contributed by atoms with van der Waals surface area (Å²) in [5, 5.41) is 13.9. The second-order valence-electron chi connectivity index (χ2n) is 9.24. The molecule has 41 heavy (non-hydrogen) atoms. The van der Waals surface area contributed by atoms with Crippen molar-refractivity contribution >= 4 is 29.0 Å². The third kappa shape index (κ3) is 6.04. The standard InChI is InChI=1S/C27H29N7O7/c1-38-17-8-7-15(11-18(17)39-12-16-5-3-2-4-6-16)9-10-30-23-20-24(32-13-31-23)34(14-33-20)25-21(35)19(28)22(40-25)26(36)41-27(29)37/h2-8,11,13-14,19,21-22,25,35H,9-10,12,28H2,1H3,(H2,29,37)(H,30,31,32). The first-order chi connectivity index (χ1) is 19.9. The number of fused-ring (bicyclic) bond motifs is 1. The Morgan fingerprint density at radius 2 is 1.90 bits per heavy atom. The van der Waals surface area contributed by atoms with Crippen molar-refractivity contribution in [2.24, 2.45) is 11.5 Å².